The topological polar surface area (TPSA) is 20.2 Å². The van der Waals surface area contributed by atoms with Crippen LogP contribution in [-0.2, 0) is 0 Å². The molecule has 0 bridgehead atoms. The van der Waals surface area contributed by atoms with Gasteiger partial charge in [-0.2, -0.15) is 0 Å². The molecule has 3 unspecified atom stereocenters. The van der Waals surface area contributed by atoms with Gasteiger partial charge in [0.2, 0.25) is 0 Å². The third-order valence-electron chi connectivity index (χ3n) is 3.99. The lowest BCUT2D eigenvalue weighted by Crippen LogP contribution is -2.42. The maximum Gasteiger partial charge on any atom is 0.0862 e. The Morgan fingerprint density at radius 1 is 1.31 bits per heavy atom. The van der Waals surface area contributed by atoms with Crippen LogP contribution in [0.15, 0.2) is 23.3 Å². The van der Waals surface area contributed by atoms with E-state index in [-0.39, 0.29) is 5.92 Å². The lowest BCUT2D eigenvalue weighted by Gasteiger charge is -2.42. The summed E-state index contributed by atoms with van der Waals surface area (Å²) in [6, 6.07) is 0. The normalized spacial score (nSPS) is 41.2. The molecule has 0 radical (unpaired) electrons. The van der Waals surface area contributed by atoms with E-state index >= 15 is 0 Å². The summed E-state index contributed by atoms with van der Waals surface area (Å²) in [6.07, 6.45) is 0. The fourth-order valence-electron chi connectivity index (χ4n) is 2.09. The molecule has 1 N–H and O–H groups in total. The minimum Gasteiger partial charge on any atom is -0.385 e. The van der Waals surface area contributed by atoms with Crippen LogP contribution in [0.5, 0.6) is 0 Å². The van der Waals surface area contributed by atoms with Crippen molar-refractivity contribution in [1.29, 1.82) is 0 Å². The van der Waals surface area contributed by atoms with Gasteiger partial charge < -0.3 is 5.11 Å². The lowest BCUT2D eigenvalue weighted by atomic mass is 9.67. The summed E-state index contributed by atoms with van der Waals surface area (Å²) in [5, 5.41) is 10.3. The Balaban J connectivity index is 3.25. The second-order valence-corrected chi connectivity index (χ2v) is 4.50. The van der Waals surface area contributed by atoms with Crippen molar-refractivity contribution in [2.24, 2.45) is 11.8 Å². The molecular weight excluding hydrogens is 160 g/mol. The molecule has 0 aromatic heterocycles. The van der Waals surface area contributed by atoms with Crippen molar-refractivity contribution in [3.05, 3.63) is 23.3 Å². The SMILES string of the molecule is C=C1C(C)=C(C)C(C)(O)C(C)C1C. The summed E-state index contributed by atoms with van der Waals surface area (Å²) >= 11 is 0. The zero-order valence-electron chi connectivity index (χ0n) is 9.31. The Morgan fingerprint density at radius 2 is 1.77 bits per heavy atom. The smallest absolute Gasteiger partial charge is 0.0862 e. The van der Waals surface area contributed by atoms with E-state index < -0.39 is 5.60 Å². The van der Waals surface area contributed by atoms with E-state index in [1.54, 1.807) is 0 Å². The zero-order valence-corrected chi connectivity index (χ0v) is 9.31. The predicted molar refractivity (Wildman–Crippen MR) is 56.5 cm³/mol. The summed E-state index contributed by atoms with van der Waals surface area (Å²) in [6.45, 7) is 14.3. The standard InChI is InChI=1S/C12H20O/c1-7-8(2)10(4)12(6,13)11(5)9(7)3/h8,10,13H,1H2,2-6H3. The van der Waals surface area contributed by atoms with Gasteiger partial charge in [0.05, 0.1) is 5.60 Å². The first kappa shape index (κ1) is 10.5. The molecule has 0 spiro atoms. The van der Waals surface area contributed by atoms with Gasteiger partial charge in [-0.05, 0) is 49.3 Å². The molecule has 0 saturated heterocycles. The third-order valence-corrected chi connectivity index (χ3v) is 3.99. The Morgan fingerprint density at radius 3 is 2.23 bits per heavy atom. The average Bonchev–Trinajstić information content (AvgIpc) is 2.09. The Kier molecular flexibility index (Phi) is 2.42. The molecule has 0 heterocycles. The highest BCUT2D eigenvalue weighted by atomic mass is 16.3. The average molecular weight is 180 g/mol. The van der Waals surface area contributed by atoms with Gasteiger partial charge in [-0.3, -0.25) is 0 Å². The number of allylic oxidation sites excluding steroid dienone is 2. The number of aliphatic hydroxyl groups is 1. The molecule has 0 saturated carbocycles. The van der Waals surface area contributed by atoms with Crippen molar-refractivity contribution in [1.82, 2.24) is 0 Å². The summed E-state index contributed by atoms with van der Waals surface area (Å²) in [5.41, 5.74) is 2.76. The molecule has 13 heavy (non-hydrogen) atoms. The Bertz CT molecular complexity index is 271. The first-order valence-electron chi connectivity index (χ1n) is 4.89. The molecule has 0 fully saturated rings. The second kappa shape index (κ2) is 2.98. The monoisotopic (exact) mass is 180 g/mol. The van der Waals surface area contributed by atoms with Crippen molar-refractivity contribution in [2.45, 2.75) is 40.2 Å². The number of hydrogen-bond acceptors (Lipinski definition) is 1. The van der Waals surface area contributed by atoms with Crippen LogP contribution in [0.25, 0.3) is 0 Å². The van der Waals surface area contributed by atoms with Crippen LogP contribution in [0.1, 0.15) is 34.6 Å². The predicted octanol–water partition coefficient (Wildman–Crippen LogP) is 2.92. The van der Waals surface area contributed by atoms with Crippen molar-refractivity contribution in [3.8, 4) is 0 Å². The van der Waals surface area contributed by atoms with Crippen LogP contribution >= 0.6 is 0 Å². The van der Waals surface area contributed by atoms with Gasteiger partial charge in [-0.15, -0.1) is 0 Å². The quantitative estimate of drug-likeness (QED) is 0.607. The minimum absolute atomic E-state index is 0.253. The van der Waals surface area contributed by atoms with E-state index in [1.807, 2.05) is 13.8 Å². The highest BCUT2D eigenvalue weighted by Crippen LogP contribution is 2.43. The summed E-state index contributed by atoms with van der Waals surface area (Å²) in [5.74, 6) is 0.627. The zero-order chi connectivity index (χ0) is 10.4. The van der Waals surface area contributed by atoms with Gasteiger partial charge in [-0.25, -0.2) is 0 Å². The Hall–Kier alpha value is -0.560. The Labute approximate surface area is 81.2 Å². The molecule has 3 atom stereocenters. The molecule has 1 aliphatic carbocycles. The summed E-state index contributed by atoms with van der Waals surface area (Å²) in [7, 11) is 0. The van der Waals surface area contributed by atoms with Crippen molar-refractivity contribution in [3.63, 3.8) is 0 Å². The van der Waals surface area contributed by atoms with E-state index in [1.165, 1.54) is 11.1 Å². The fraction of sp³-hybridized carbons (Fsp3) is 0.667. The van der Waals surface area contributed by atoms with Crippen molar-refractivity contribution < 1.29 is 5.11 Å². The van der Waals surface area contributed by atoms with Crippen molar-refractivity contribution in [2.75, 3.05) is 0 Å². The van der Waals surface area contributed by atoms with Crippen LogP contribution in [0.3, 0.4) is 0 Å². The molecule has 1 rings (SSSR count). The summed E-state index contributed by atoms with van der Waals surface area (Å²) in [4.78, 5) is 0. The van der Waals surface area contributed by atoms with E-state index in [2.05, 4.69) is 27.4 Å². The van der Waals surface area contributed by atoms with Crippen LogP contribution in [0.2, 0.25) is 0 Å². The van der Waals surface area contributed by atoms with Crippen molar-refractivity contribution >= 4 is 0 Å². The molecule has 1 nitrogen and oxygen atoms in total. The van der Waals surface area contributed by atoms with E-state index in [4.69, 9.17) is 0 Å². The first-order chi connectivity index (χ1) is 5.80. The number of hydrogen-bond donors (Lipinski definition) is 1. The van der Waals surface area contributed by atoms with E-state index in [9.17, 15) is 5.11 Å². The van der Waals surface area contributed by atoms with Gasteiger partial charge in [0.25, 0.3) is 0 Å². The molecule has 0 aliphatic heterocycles. The third kappa shape index (κ3) is 1.35. The number of rotatable bonds is 0. The molecule has 1 aliphatic rings. The lowest BCUT2D eigenvalue weighted by molar-refractivity contribution is 0.0188. The minimum atomic E-state index is -0.662. The maximum absolute atomic E-state index is 10.3. The molecule has 0 aromatic carbocycles. The van der Waals surface area contributed by atoms with E-state index in [0.717, 1.165) is 5.57 Å². The van der Waals surface area contributed by atoms with Gasteiger partial charge in [-0.1, -0.05) is 20.4 Å². The fourth-order valence-corrected chi connectivity index (χ4v) is 2.09. The highest BCUT2D eigenvalue weighted by molar-refractivity contribution is 5.41. The van der Waals surface area contributed by atoms with Crippen LogP contribution in [0.4, 0.5) is 0 Å². The van der Waals surface area contributed by atoms with Crippen LogP contribution in [0, 0.1) is 11.8 Å². The van der Waals surface area contributed by atoms with E-state index in [0.29, 0.717) is 5.92 Å². The molecule has 0 aromatic rings. The first-order valence-corrected chi connectivity index (χ1v) is 4.89. The van der Waals surface area contributed by atoms with Gasteiger partial charge in [0, 0.05) is 0 Å². The second-order valence-electron chi connectivity index (χ2n) is 4.50. The molecule has 0 amide bonds. The molecule has 74 valence electrons. The largest absolute Gasteiger partial charge is 0.385 e. The van der Waals surface area contributed by atoms with Crippen LogP contribution in [-0.4, -0.2) is 10.7 Å². The van der Waals surface area contributed by atoms with Gasteiger partial charge in [0.15, 0.2) is 0 Å². The van der Waals surface area contributed by atoms with Gasteiger partial charge in [0.1, 0.15) is 0 Å². The maximum atomic E-state index is 10.3. The van der Waals surface area contributed by atoms with Gasteiger partial charge >= 0.3 is 0 Å². The highest BCUT2D eigenvalue weighted by Gasteiger charge is 2.39. The molecule has 1 heteroatoms. The van der Waals surface area contributed by atoms with Crippen LogP contribution < -0.4 is 0 Å². The summed E-state index contributed by atoms with van der Waals surface area (Å²) < 4.78 is 0. The molecular formula is C12H20O.